The number of benzene rings is 4. The molecule has 0 saturated heterocycles. The van der Waals surface area contributed by atoms with Gasteiger partial charge in [0, 0.05) is 18.6 Å². The van der Waals surface area contributed by atoms with Crippen molar-refractivity contribution >= 4 is 36.1 Å². The van der Waals surface area contributed by atoms with Gasteiger partial charge in [-0.25, -0.2) is 4.98 Å². The summed E-state index contributed by atoms with van der Waals surface area (Å²) < 4.78 is 2.20. The van der Waals surface area contributed by atoms with E-state index >= 15 is 0 Å². The first-order valence-corrected chi connectivity index (χ1v) is 14.8. The fourth-order valence-corrected chi connectivity index (χ4v) is 8.79. The average molecular weight is 485 g/mol. The molecule has 5 rings (SSSR count). The van der Waals surface area contributed by atoms with Crippen molar-refractivity contribution < 1.29 is 0 Å². The molecule has 0 atom stereocenters. The van der Waals surface area contributed by atoms with Gasteiger partial charge in [0.15, 0.2) is 8.07 Å². The summed E-state index contributed by atoms with van der Waals surface area (Å²) in [5.41, 5.74) is 5.18. The standard InChI is InChI=1S/C19H20N2Si.C13H13B/c1-2-15-22(17-21-14-13-20-16-21,18-9-5-3-6-10-18)19-11-7-4-8-12-19;1-14(12-8-4-2-5-9-12)13-10-6-3-7-11-13/h2-16H,17H2,1H3;2-11H,1H3. The number of imidazole rings is 1. The first-order chi connectivity index (χ1) is 17.7. The third-order valence-electron chi connectivity index (χ3n) is 6.62. The Morgan fingerprint density at radius 3 is 1.53 bits per heavy atom. The van der Waals surface area contributed by atoms with Crippen LogP contribution in [0, 0.1) is 0 Å². The minimum atomic E-state index is -2.01. The van der Waals surface area contributed by atoms with E-state index in [2.05, 4.69) is 163 Å². The Morgan fingerprint density at radius 2 is 1.14 bits per heavy atom. The van der Waals surface area contributed by atoms with Crippen molar-refractivity contribution in [1.82, 2.24) is 9.55 Å². The average Bonchev–Trinajstić information content (AvgIpc) is 3.48. The van der Waals surface area contributed by atoms with E-state index in [9.17, 15) is 0 Å². The van der Waals surface area contributed by atoms with Gasteiger partial charge in [0.05, 0.1) is 6.33 Å². The molecule has 178 valence electrons. The lowest BCUT2D eigenvalue weighted by Crippen LogP contribution is -2.60. The lowest BCUT2D eigenvalue weighted by molar-refractivity contribution is 0.861. The minimum Gasteiger partial charge on any atom is -0.339 e. The normalized spacial score (nSPS) is 11.1. The first-order valence-electron chi connectivity index (χ1n) is 12.5. The predicted molar refractivity (Wildman–Crippen MR) is 159 cm³/mol. The number of rotatable bonds is 7. The van der Waals surface area contributed by atoms with Crippen molar-refractivity contribution in [2.45, 2.75) is 19.9 Å². The molecule has 0 radical (unpaired) electrons. The van der Waals surface area contributed by atoms with Crippen LogP contribution < -0.4 is 21.3 Å². The van der Waals surface area contributed by atoms with E-state index in [0.717, 1.165) is 6.17 Å². The lowest BCUT2D eigenvalue weighted by atomic mass is 9.43. The highest BCUT2D eigenvalue weighted by molar-refractivity contribution is 7.05. The van der Waals surface area contributed by atoms with Crippen LogP contribution in [0.25, 0.3) is 0 Å². The number of aromatic nitrogens is 2. The van der Waals surface area contributed by atoms with Gasteiger partial charge in [-0.1, -0.05) is 151 Å². The molecule has 1 aromatic heterocycles. The highest BCUT2D eigenvalue weighted by Gasteiger charge is 2.34. The number of allylic oxidation sites excluding steroid dienone is 1. The van der Waals surface area contributed by atoms with Crippen LogP contribution in [0.4, 0.5) is 0 Å². The van der Waals surface area contributed by atoms with E-state index < -0.39 is 8.07 Å². The van der Waals surface area contributed by atoms with Crippen LogP contribution in [0.5, 0.6) is 0 Å². The van der Waals surface area contributed by atoms with Crippen molar-refractivity contribution in [3.05, 3.63) is 152 Å². The van der Waals surface area contributed by atoms with Crippen molar-refractivity contribution in [1.29, 1.82) is 0 Å². The fourth-order valence-electron chi connectivity index (χ4n) is 4.69. The Labute approximate surface area is 217 Å². The van der Waals surface area contributed by atoms with Gasteiger partial charge >= 0.3 is 0 Å². The predicted octanol–water partition coefficient (Wildman–Crippen LogP) is 4.73. The van der Waals surface area contributed by atoms with Crippen LogP contribution in [0.2, 0.25) is 6.82 Å². The summed E-state index contributed by atoms with van der Waals surface area (Å²) in [6.07, 6.45) is 8.98. The molecule has 0 fully saturated rings. The molecule has 0 N–H and O–H groups in total. The van der Waals surface area contributed by atoms with E-state index in [-0.39, 0.29) is 0 Å². The maximum atomic E-state index is 4.21. The molecule has 2 nitrogen and oxygen atoms in total. The van der Waals surface area contributed by atoms with Crippen molar-refractivity contribution in [2.75, 3.05) is 0 Å². The zero-order valence-electron chi connectivity index (χ0n) is 21.1. The van der Waals surface area contributed by atoms with E-state index in [1.165, 1.54) is 21.3 Å². The summed E-state index contributed by atoms with van der Waals surface area (Å²) >= 11 is 0. The molecular weight excluding hydrogens is 451 g/mol. The highest BCUT2D eigenvalue weighted by Crippen LogP contribution is 2.11. The second-order valence-corrected chi connectivity index (χ2v) is 12.7. The van der Waals surface area contributed by atoms with E-state index in [1.54, 1.807) is 0 Å². The number of hydrogen-bond donors (Lipinski definition) is 0. The van der Waals surface area contributed by atoms with Gasteiger partial charge in [0.1, 0.15) is 0 Å². The summed E-state index contributed by atoms with van der Waals surface area (Å²) in [5.74, 6) is 0. The topological polar surface area (TPSA) is 17.8 Å². The van der Waals surface area contributed by atoms with Crippen LogP contribution in [-0.2, 0) is 6.17 Å². The second kappa shape index (κ2) is 12.7. The van der Waals surface area contributed by atoms with Gasteiger partial charge < -0.3 is 4.57 Å². The molecule has 0 aliphatic rings. The summed E-state index contributed by atoms with van der Waals surface area (Å²) in [6.45, 7) is 4.84. The van der Waals surface area contributed by atoms with E-state index in [0.29, 0.717) is 6.71 Å². The molecule has 0 saturated carbocycles. The maximum absolute atomic E-state index is 4.21. The summed E-state index contributed by atoms with van der Waals surface area (Å²) in [5, 5.41) is 2.85. The Bertz CT molecular complexity index is 1230. The zero-order valence-corrected chi connectivity index (χ0v) is 22.1. The van der Waals surface area contributed by atoms with Crippen LogP contribution >= 0.6 is 0 Å². The molecule has 0 spiro atoms. The van der Waals surface area contributed by atoms with Gasteiger partial charge in [-0.05, 0) is 17.3 Å². The molecule has 0 aliphatic heterocycles. The van der Waals surface area contributed by atoms with Gasteiger partial charge in [0.25, 0.3) is 0 Å². The first kappa shape index (κ1) is 25.2. The molecule has 0 bridgehead atoms. The third-order valence-corrected chi connectivity index (χ3v) is 11.1. The molecule has 0 amide bonds. The Morgan fingerprint density at radius 1 is 0.694 bits per heavy atom. The molecule has 36 heavy (non-hydrogen) atoms. The minimum absolute atomic E-state index is 0.484. The summed E-state index contributed by atoms with van der Waals surface area (Å²) in [7, 11) is -2.01. The smallest absolute Gasteiger partial charge is 0.206 e. The molecule has 5 aromatic rings. The number of nitrogens with zero attached hydrogens (tertiary/aromatic N) is 2. The fraction of sp³-hybridized carbons (Fsp3) is 0.0938. The van der Waals surface area contributed by atoms with Crippen molar-refractivity contribution in [3.8, 4) is 0 Å². The quantitative estimate of drug-likeness (QED) is 0.306. The Balaban J connectivity index is 0.000000187. The number of hydrogen-bond acceptors (Lipinski definition) is 1. The Hall–Kier alpha value is -3.89. The molecule has 0 unspecified atom stereocenters. The molecule has 4 aromatic carbocycles. The maximum Gasteiger partial charge on any atom is 0.206 e. The summed E-state index contributed by atoms with van der Waals surface area (Å²) in [6, 6.07) is 42.9. The van der Waals surface area contributed by atoms with Gasteiger partial charge in [-0.2, -0.15) is 0 Å². The third kappa shape index (κ3) is 6.21. The van der Waals surface area contributed by atoms with Crippen molar-refractivity contribution in [3.63, 3.8) is 0 Å². The lowest BCUT2D eigenvalue weighted by Gasteiger charge is -2.30. The van der Waals surface area contributed by atoms with Crippen LogP contribution in [-0.4, -0.2) is 24.3 Å². The molecule has 0 aliphatic carbocycles. The van der Waals surface area contributed by atoms with Crippen LogP contribution in [0.1, 0.15) is 6.92 Å². The monoisotopic (exact) mass is 484 g/mol. The van der Waals surface area contributed by atoms with E-state index in [4.69, 9.17) is 0 Å². The van der Waals surface area contributed by atoms with Gasteiger partial charge in [-0.15, -0.1) is 0 Å². The SMILES string of the molecule is CB(c1ccccc1)c1ccccc1.CC=C[Si](Cn1ccnc1)(c1ccccc1)c1ccccc1. The van der Waals surface area contributed by atoms with Crippen LogP contribution in [0.15, 0.2) is 152 Å². The van der Waals surface area contributed by atoms with Crippen molar-refractivity contribution in [2.24, 2.45) is 0 Å². The van der Waals surface area contributed by atoms with Gasteiger partial charge in [-0.3, -0.25) is 0 Å². The van der Waals surface area contributed by atoms with Crippen LogP contribution in [0.3, 0.4) is 0 Å². The molecule has 1 heterocycles. The molecule has 4 heteroatoms. The second-order valence-electron chi connectivity index (χ2n) is 8.98. The Kier molecular flexibility index (Phi) is 8.90. The molecular formula is C32H33BN2Si. The summed E-state index contributed by atoms with van der Waals surface area (Å²) in [4.78, 5) is 4.21. The largest absolute Gasteiger partial charge is 0.339 e. The van der Waals surface area contributed by atoms with E-state index in [1.807, 2.05) is 12.5 Å². The zero-order chi connectivity index (χ0) is 25.1. The highest BCUT2D eigenvalue weighted by atomic mass is 28.3. The van der Waals surface area contributed by atoms with Gasteiger partial charge in [0.2, 0.25) is 6.71 Å².